The van der Waals surface area contributed by atoms with Crippen molar-refractivity contribution in [1.29, 1.82) is 0 Å². The molecular formula is C24H32N2O2. The smallest absolute Gasteiger partial charge is 0.163 e. The first-order valence-corrected chi connectivity index (χ1v) is 10.6. The van der Waals surface area contributed by atoms with E-state index in [1.807, 2.05) is 0 Å². The summed E-state index contributed by atoms with van der Waals surface area (Å²) in [6.45, 7) is 5.16. The minimum absolute atomic E-state index is 0.335. The van der Waals surface area contributed by atoms with Gasteiger partial charge in [-0.05, 0) is 56.7 Å². The highest BCUT2D eigenvalue weighted by atomic mass is 16.5. The average molecular weight is 381 g/mol. The number of nitrogens with one attached hydrogen (secondary N) is 1. The number of hydrogen-bond donors (Lipinski definition) is 1. The van der Waals surface area contributed by atoms with Gasteiger partial charge < -0.3 is 19.7 Å². The molecule has 0 bridgehead atoms. The molecular weight excluding hydrogens is 348 g/mol. The van der Waals surface area contributed by atoms with E-state index in [-0.39, 0.29) is 0 Å². The van der Waals surface area contributed by atoms with Crippen LogP contribution in [-0.4, -0.2) is 38.9 Å². The lowest BCUT2D eigenvalue weighted by atomic mass is 10.0. The molecule has 1 saturated heterocycles. The molecule has 150 valence electrons. The van der Waals surface area contributed by atoms with Crippen LogP contribution in [0.5, 0.6) is 11.5 Å². The Balaban J connectivity index is 1.45. The molecule has 4 nitrogen and oxygen atoms in total. The van der Waals surface area contributed by atoms with Crippen LogP contribution in [0.1, 0.15) is 36.8 Å². The first kappa shape index (κ1) is 19.1. The third-order valence-corrected chi connectivity index (χ3v) is 5.97. The fourth-order valence-electron chi connectivity index (χ4n) is 4.35. The Kier molecular flexibility index (Phi) is 6.06. The van der Waals surface area contributed by atoms with Gasteiger partial charge in [0.2, 0.25) is 0 Å². The fraction of sp³-hybridized carbons (Fsp3) is 0.500. The molecule has 1 aliphatic heterocycles. The zero-order valence-electron chi connectivity index (χ0n) is 17.1. The fourth-order valence-corrected chi connectivity index (χ4v) is 4.35. The van der Waals surface area contributed by atoms with Gasteiger partial charge in [-0.25, -0.2) is 0 Å². The predicted octanol–water partition coefficient (Wildman–Crippen LogP) is 4.35. The SMILES string of the molecule is COc1ccc(N2CCN[C@@H](Cc3ccc(C)cc3)C2)cc1OC1CCCC1. The topological polar surface area (TPSA) is 33.7 Å². The summed E-state index contributed by atoms with van der Waals surface area (Å²) in [5, 5.41) is 3.68. The third-order valence-electron chi connectivity index (χ3n) is 5.97. The molecule has 2 aliphatic rings. The number of nitrogens with zero attached hydrogens (tertiary/aromatic N) is 1. The van der Waals surface area contributed by atoms with E-state index in [4.69, 9.17) is 9.47 Å². The summed E-state index contributed by atoms with van der Waals surface area (Å²) < 4.78 is 11.8. The second-order valence-electron chi connectivity index (χ2n) is 8.15. The van der Waals surface area contributed by atoms with Crippen molar-refractivity contribution in [3.8, 4) is 11.5 Å². The molecule has 0 aromatic heterocycles. The molecule has 2 fully saturated rings. The Bertz CT molecular complexity index is 769. The highest BCUT2D eigenvalue weighted by molar-refractivity contribution is 5.57. The zero-order chi connectivity index (χ0) is 19.3. The molecule has 0 amide bonds. The summed E-state index contributed by atoms with van der Waals surface area (Å²) in [5.41, 5.74) is 3.93. The van der Waals surface area contributed by atoms with Gasteiger partial charge in [-0.2, -0.15) is 0 Å². The van der Waals surface area contributed by atoms with E-state index in [0.29, 0.717) is 12.1 Å². The van der Waals surface area contributed by atoms with Crippen molar-refractivity contribution in [1.82, 2.24) is 5.32 Å². The number of rotatable bonds is 6. The van der Waals surface area contributed by atoms with E-state index in [1.54, 1.807) is 7.11 Å². The maximum absolute atomic E-state index is 6.30. The lowest BCUT2D eigenvalue weighted by Crippen LogP contribution is -2.51. The van der Waals surface area contributed by atoms with Gasteiger partial charge in [0, 0.05) is 37.4 Å². The van der Waals surface area contributed by atoms with Gasteiger partial charge in [-0.3, -0.25) is 0 Å². The lowest BCUT2D eigenvalue weighted by Gasteiger charge is -2.35. The van der Waals surface area contributed by atoms with Crippen molar-refractivity contribution >= 4 is 5.69 Å². The minimum atomic E-state index is 0.335. The van der Waals surface area contributed by atoms with Gasteiger partial charge in [-0.15, -0.1) is 0 Å². The van der Waals surface area contributed by atoms with E-state index < -0.39 is 0 Å². The molecule has 2 aromatic rings. The van der Waals surface area contributed by atoms with Gasteiger partial charge >= 0.3 is 0 Å². The van der Waals surface area contributed by atoms with Crippen molar-refractivity contribution in [2.75, 3.05) is 31.6 Å². The van der Waals surface area contributed by atoms with Crippen LogP contribution < -0.4 is 19.7 Å². The molecule has 1 saturated carbocycles. The molecule has 2 aromatic carbocycles. The highest BCUT2D eigenvalue weighted by Crippen LogP contribution is 2.35. The van der Waals surface area contributed by atoms with Gasteiger partial charge in [0.15, 0.2) is 11.5 Å². The van der Waals surface area contributed by atoms with Crippen LogP contribution in [0.15, 0.2) is 42.5 Å². The molecule has 28 heavy (non-hydrogen) atoms. The van der Waals surface area contributed by atoms with E-state index >= 15 is 0 Å². The van der Waals surface area contributed by atoms with E-state index in [1.165, 1.54) is 29.7 Å². The largest absolute Gasteiger partial charge is 0.493 e. The van der Waals surface area contributed by atoms with Crippen LogP contribution in [0.25, 0.3) is 0 Å². The maximum Gasteiger partial charge on any atom is 0.163 e. The minimum Gasteiger partial charge on any atom is -0.493 e. The number of methoxy groups -OCH3 is 1. The Morgan fingerprint density at radius 1 is 1.04 bits per heavy atom. The number of anilines is 1. The predicted molar refractivity (Wildman–Crippen MR) is 115 cm³/mol. The van der Waals surface area contributed by atoms with Crippen LogP contribution in [-0.2, 0) is 6.42 Å². The number of benzene rings is 2. The van der Waals surface area contributed by atoms with Crippen molar-refractivity contribution < 1.29 is 9.47 Å². The second-order valence-corrected chi connectivity index (χ2v) is 8.15. The second kappa shape index (κ2) is 8.87. The molecule has 0 spiro atoms. The van der Waals surface area contributed by atoms with Gasteiger partial charge in [0.1, 0.15) is 0 Å². The summed E-state index contributed by atoms with van der Waals surface area (Å²) >= 11 is 0. The van der Waals surface area contributed by atoms with E-state index in [2.05, 4.69) is 59.6 Å². The molecule has 4 heteroatoms. The first-order chi connectivity index (χ1) is 13.7. The molecule has 1 atom stereocenters. The summed E-state index contributed by atoms with van der Waals surface area (Å²) in [6, 6.07) is 15.7. The third kappa shape index (κ3) is 4.61. The van der Waals surface area contributed by atoms with Crippen molar-refractivity contribution in [3.63, 3.8) is 0 Å². The number of piperazine rings is 1. The molecule has 1 heterocycles. The Hall–Kier alpha value is -2.20. The number of ether oxygens (including phenoxy) is 2. The summed E-state index contributed by atoms with van der Waals surface area (Å²) in [5.74, 6) is 1.72. The standard InChI is InChI=1S/C24H32N2O2/c1-18-7-9-19(10-8-18)15-20-17-26(14-13-25-20)21-11-12-23(27-2)24(16-21)28-22-5-3-4-6-22/h7-12,16,20,22,25H,3-6,13-15,17H2,1-2H3/t20-/m0/s1. The Labute approximate surface area is 168 Å². The van der Waals surface area contributed by atoms with Crippen LogP contribution in [0, 0.1) is 6.92 Å². The van der Waals surface area contributed by atoms with Gasteiger partial charge in [-0.1, -0.05) is 29.8 Å². The van der Waals surface area contributed by atoms with Crippen molar-refractivity contribution in [3.05, 3.63) is 53.6 Å². The van der Waals surface area contributed by atoms with Crippen LogP contribution >= 0.6 is 0 Å². The molecule has 4 rings (SSSR count). The molecule has 0 radical (unpaired) electrons. The Morgan fingerprint density at radius 2 is 1.82 bits per heavy atom. The van der Waals surface area contributed by atoms with Gasteiger partial charge in [0.05, 0.1) is 13.2 Å². The average Bonchev–Trinajstić information content (AvgIpc) is 3.23. The normalized spacial score (nSPS) is 20.4. The highest BCUT2D eigenvalue weighted by Gasteiger charge is 2.23. The van der Waals surface area contributed by atoms with Crippen LogP contribution in [0.4, 0.5) is 5.69 Å². The number of aryl methyl sites for hydroxylation is 1. The molecule has 0 unspecified atom stereocenters. The summed E-state index contributed by atoms with van der Waals surface area (Å²) in [6.07, 6.45) is 6.23. The quantitative estimate of drug-likeness (QED) is 0.808. The molecule has 1 N–H and O–H groups in total. The van der Waals surface area contributed by atoms with Crippen LogP contribution in [0.3, 0.4) is 0 Å². The lowest BCUT2D eigenvalue weighted by molar-refractivity contribution is 0.201. The van der Waals surface area contributed by atoms with E-state index in [9.17, 15) is 0 Å². The first-order valence-electron chi connectivity index (χ1n) is 10.6. The monoisotopic (exact) mass is 380 g/mol. The summed E-state index contributed by atoms with van der Waals surface area (Å²) in [7, 11) is 1.72. The Morgan fingerprint density at radius 3 is 2.57 bits per heavy atom. The van der Waals surface area contributed by atoms with Crippen LogP contribution in [0.2, 0.25) is 0 Å². The maximum atomic E-state index is 6.30. The van der Waals surface area contributed by atoms with E-state index in [0.717, 1.165) is 50.4 Å². The number of hydrogen-bond acceptors (Lipinski definition) is 4. The van der Waals surface area contributed by atoms with Gasteiger partial charge in [0.25, 0.3) is 0 Å². The van der Waals surface area contributed by atoms with Crippen molar-refractivity contribution in [2.24, 2.45) is 0 Å². The zero-order valence-corrected chi connectivity index (χ0v) is 17.1. The molecule has 1 aliphatic carbocycles. The van der Waals surface area contributed by atoms with Crippen molar-refractivity contribution in [2.45, 2.75) is 51.2 Å². The summed E-state index contributed by atoms with van der Waals surface area (Å²) in [4.78, 5) is 2.47.